The Morgan fingerprint density at radius 1 is 1.31 bits per heavy atom. The van der Waals surface area contributed by atoms with Gasteiger partial charge in [-0.1, -0.05) is 44.2 Å². The maximum atomic E-state index is 12.2. The Balaban J connectivity index is 1.95. The number of ether oxygens (including phenoxy) is 2. The van der Waals surface area contributed by atoms with E-state index in [-0.39, 0.29) is 24.5 Å². The maximum absolute atomic E-state index is 12.2. The molecule has 7 nitrogen and oxygen atoms in total. The third-order valence-electron chi connectivity index (χ3n) is 4.24. The highest BCUT2D eigenvalue weighted by Crippen LogP contribution is 2.10. The van der Waals surface area contributed by atoms with Crippen LogP contribution in [0, 0.1) is 5.92 Å². The van der Waals surface area contributed by atoms with E-state index in [4.69, 9.17) is 9.47 Å². The lowest BCUT2D eigenvalue weighted by Crippen LogP contribution is -2.50. The molecule has 7 heteroatoms. The Morgan fingerprint density at radius 3 is 2.65 bits per heavy atom. The van der Waals surface area contributed by atoms with Gasteiger partial charge in [-0.15, -0.1) is 0 Å². The van der Waals surface area contributed by atoms with Gasteiger partial charge in [0.15, 0.2) is 0 Å². The van der Waals surface area contributed by atoms with E-state index in [1.54, 1.807) is 13.8 Å². The molecule has 0 aliphatic carbocycles. The van der Waals surface area contributed by atoms with Gasteiger partial charge in [0, 0.05) is 18.9 Å². The minimum absolute atomic E-state index is 0.0569. The summed E-state index contributed by atoms with van der Waals surface area (Å²) >= 11 is 0. The summed E-state index contributed by atoms with van der Waals surface area (Å²) in [4.78, 5) is 23.9. The molecule has 144 valence electrons. The largest absolute Gasteiger partial charge is 0.444 e. The van der Waals surface area contributed by atoms with E-state index in [0.29, 0.717) is 26.1 Å². The van der Waals surface area contributed by atoms with Crippen molar-refractivity contribution in [1.29, 1.82) is 0 Å². The van der Waals surface area contributed by atoms with Crippen LogP contribution in [0.4, 0.5) is 4.79 Å². The maximum Gasteiger partial charge on any atom is 0.407 e. The fourth-order valence-corrected chi connectivity index (χ4v) is 2.65. The molecule has 0 aromatic heterocycles. The van der Waals surface area contributed by atoms with Crippen molar-refractivity contribution in [2.75, 3.05) is 19.8 Å². The second kappa shape index (κ2) is 10.1. The highest BCUT2D eigenvalue weighted by atomic mass is 16.6. The molecule has 1 aliphatic heterocycles. The molecule has 1 unspecified atom stereocenters. The van der Waals surface area contributed by atoms with Gasteiger partial charge in [0.25, 0.3) is 0 Å². The van der Waals surface area contributed by atoms with Crippen molar-refractivity contribution in [3.05, 3.63) is 35.9 Å². The Bertz CT molecular complexity index is 573. The number of amides is 2. The molecule has 0 spiro atoms. The van der Waals surface area contributed by atoms with Crippen molar-refractivity contribution in [3.63, 3.8) is 0 Å². The van der Waals surface area contributed by atoms with Crippen molar-refractivity contribution in [1.82, 2.24) is 10.6 Å². The highest BCUT2D eigenvalue weighted by molar-refractivity contribution is 5.77. The van der Waals surface area contributed by atoms with Crippen LogP contribution in [0.25, 0.3) is 0 Å². The Labute approximate surface area is 154 Å². The van der Waals surface area contributed by atoms with Crippen LogP contribution in [-0.2, 0) is 20.7 Å². The Kier molecular flexibility index (Phi) is 7.87. The zero-order valence-corrected chi connectivity index (χ0v) is 15.3. The van der Waals surface area contributed by atoms with Gasteiger partial charge in [0.2, 0.25) is 5.91 Å². The van der Waals surface area contributed by atoms with Crippen LogP contribution >= 0.6 is 0 Å². The van der Waals surface area contributed by atoms with Crippen molar-refractivity contribution in [2.24, 2.45) is 5.92 Å². The molecule has 1 fully saturated rings. The molecule has 1 aromatic carbocycles. The number of hydrogen-bond donors (Lipinski definition) is 3. The second-order valence-corrected chi connectivity index (χ2v) is 6.80. The molecule has 2 amide bonds. The number of benzene rings is 1. The molecule has 0 bridgehead atoms. The monoisotopic (exact) mass is 364 g/mol. The molecule has 2 rings (SSSR count). The van der Waals surface area contributed by atoms with Gasteiger partial charge in [-0.3, -0.25) is 4.79 Å². The van der Waals surface area contributed by atoms with E-state index in [9.17, 15) is 14.7 Å². The lowest BCUT2D eigenvalue weighted by molar-refractivity contribution is -0.124. The summed E-state index contributed by atoms with van der Waals surface area (Å²) in [5, 5.41) is 15.9. The van der Waals surface area contributed by atoms with Gasteiger partial charge in [-0.2, -0.15) is 0 Å². The molecule has 3 atom stereocenters. The SMILES string of the molecule is CC(C)C(=O)NC[C@H](O)C(Cc1ccccc1)NC(=O)O[C@H]1CCOC1. The minimum atomic E-state index is -0.940. The predicted molar refractivity (Wildman–Crippen MR) is 96.6 cm³/mol. The summed E-state index contributed by atoms with van der Waals surface area (Å²) in [5.41, 5.74) is 0.969. The molecule has 1 heterocycles. The first-order valence-corrected chi connectivity index (χ1v) is 9.00. The number of alkyl carbamates (subject to hydrolysis) is 1. The van der Waals surface area contributed by atoms with Crippen LogP contribution in [0.3, 0.4) is 0 Å². The van der Waals surface area contributed by atoms with E-state index in [0.717, 1.165) is 5.56 Å². The second-order valence-electron chi connectivity index (χ2n) is 6.80. The van der Waals surface area contributed by atoms with E-state index < -0.39 is 18.2 Å². The molecular weight excluding hydrogens is 336 g/mol. The number of nitrogens with one attached hydrogen (secondary N) is 2. The fraction of sp³-hybridized carbons (Fsp3) is 0.579. The van der Waals surface area contributed by atoms with Gasteiger partial charge in [-0.05, 0) is 12.0 Å². The molecular formula is C19H28N2O5. The topological polar surface area (TPSA) is 96.9 Å². The minimum Gasteiger partial charge on any atom is -0.444 e. The normalized spacial score (nSPS) is 19.0. The average molecular weight is 364 g/mol. The Morgan fingerprint density at radius 2 is 2.04 bits per heavy atom. The van der Waals surface area contributed by atoms with Crippen molar-refractivity contribution in [3.8, 4) is 0 Å². The van der Waals surface area contributed by atoms with E-state index >= 15 is 0 Å². The first-order chi connectivity index (χ1) is 12.5. The van der Waals surface area contributed by atoms with Gasteiger partial charge in [-0.25, -0.2) is 4.79 Å². The van der Waals surface area contributed by atoms with E-state index in [1.165, 1.54) is 0 Å². The van der Waals surface area contributed by atoms with Gasteiger partial charge in [0.05, 0.1) is 25.4 Å². The number of aliphatic hydroxyl groups excluding tert-OH is 1. The van der Waals surface area contributed by atoms with E-state index in [1.807, 2.05) is 30.3 Å². The van der Waals surface area contributed by atoms with Crippen molar-refractivity contribution < 1.29 is 24.2 Å². The van der Waals surface area contributed by atoms with Crippen LogP contribution in [0.2, 0.25) is 0 Å². The molecule has 1 aliphatic rings. The van der Waals surface area contributed by atoms with Crippen molar-refractivity contribution in [2.45, 2.75) is 44.9 Å². The average Bonchev–Trinajstić information content (AvgIpc) is 3.12. The summed E-state index contributed by atoms with van der Waals surface area (Å²) in [6, 6.07) is 8.95. The fourth-order valence-electron chi connectivity index (χ4n) is 2.65. The van der Waals surface area contributed by atoms with Crippen molar-refractivity contribution >= 4 is 12.0 Å². The third-order valence-corrected chi connectivity index (χ3v) is 4.24. The molecule has 0 radical (unpaired) electrons. The van der Waals surface area contributed by atoms with Gasteiger partial charge in [0.1, 0.15) is 6.10 Å². The lowest BCUT2D eigenvalue weighted by atomic mass is 10.0. The lowest BCUT2D eigenvalue weighted by Gasteiger charge is -2.25. The van der Waals surface area contributed by atoms with Crippen LogP contribution in [0.1, 0.15) is 25.8 Å². The van der Waals surface area contributed by atoms with Gasteiger partial charge < -0.3 is 25.2 Å². The summed E-state index contributed by atoms with van der Waals surface area (Å²) < 4.78 is 10.5. The summed E-state index contributed by atoms with van der Waals surface area (Å²) in [7, 11) is 0. The molecule has 3 N–H and O–H groups in total. The van der Waals surface area contributed by atoms with Crippen LogP contribution in [0.15, 0.2) is 30.3 Å². The summed E-state index contributed by atoms with van der Waals surface area (Å²) in [6.07, 6.45) is -0.689. The quantitative estimate of drug-likeness (QED) is 0.645. The number of hydrogen-bond acceptors (Lipinski definition) is 5. The predicted octanol–water partition coefficient (Wildman–Crippen LogP) is 1.25. The Hall–Kier alpha value is -2.12. The number of carbonyl (C=O) groups is 2. The van der Waals surface area contributed by atoms with E-state index in [2.05, 4.69) is 10.6 Å². The number of carbonyl (C=O) groups excluding carboxylic acids is 2. The number of rotatable bonds is 8. The van der Waals surface area contributed by atoms with Gasteiger partial charge >= 0.3 is 6.09 Å². The zero-order valence-electron chi connectivity index (χ0n) is 15.3. The van der Waals surface area contributed by atoms with Crippen LogP contribution < -0.4 is 10.6 Å². The summed E-state index contributed by atoms with van der Waals surface area (Å²) in [5.74, 6) is -0.316. The third kappa shape index (κ3) is 6.65. The molecule has 1 saturated heterocycles. The first kappa shape index (κ1) is 20.2. The van der Waals surface area contributed by atoms with Crippen LogP contribution in [0.5, 0.6) is 0 Å². The molecule has 1 aromatic rings. The molecule has 0 saturated carbocycles. The van der Waals surface area contributed by atoms with Crippen LogP contribution in [-0.4, -0.2) is 55.1 Å². The highest BCUT2D eigenvalue weighted by Gasteiger charge is 2.26. The smallest absolute Gasteiger partial charge is 0.407 e. The zero-order chi connectivity index (χ0) is 18.9. The molecule has 26 heavy (non-hydrogen) atoms. The number of aliphatic hydroxyl groups is 1. The first-order valence-electron chi connectivity index (χ1n) is 9.00. The summed E-state index contributed by atoms with van der Waals surface area (Å²) in [6.45, 7) is 4.59. The standard InChI is InChI=1S/C19H28N2O5/c1-13(2)18(23)20-11-17(22)16(10-14-6-4-3-5-7-14)21-19(24)26-15-8-9-25-12-15/h3-7,13,15-17,22H,8-12H2,1-2H3,(H,20,23)(H,21,24)/t15-,16?,17-/m0/s1.